The molecule has 25 heavy (non-hydrogen) atoms. The van der Waals surface area contributed by atoms with Crippen LogP contribution in [0.2, 0.25) is 0 Å². The molecule has 0 atom stereocenters. The van der Waals surface area contributed by atoms with E-state index in [0.29, 0.717) is 29.8 Å². The molecule has 3 rings (SSSR count). The van der Waals surface area contributed by atoms with E-state index in [9.17, 15) is 4.79 Å². The van der Waals surface area contributed by atoms with Crippen LogP contribution in [0, 0.1) is 0 Å². The average molecular weight is 359 g/mol. The number of carbonyl (C=O) groups excluding carboxylic acids is 1. The van der Waals surface area contributed by atoms with Crippen molar-refractivity contribution in [2.75, 3.05) is 19.4 Å². The van der Waals surface area contributed by atoms with Gasteiger partial charge < -0.3 is 18.9 Å². The fourth-order valence-corrected chi connectivity index (χ4v) is 2.79. The molecule has 0 bridgehead atoms. The average Bonchev–Trinajstić information content (AvgIpc) is 3.32. The maximum Gasteiger partial charge on any atom is 0.284 e. The number of nitrogens with zero attached hydrogens (tertiary/aromatic N) is 2. The highest BCUT2D eigenvalue weighted by Crippen LogP contribution is 2.23. The largest absolute Gasteiger partial charge is 0.496 e. The fourth-order valence-electron chi connectivity index (χ4n) is 2.19. The predicted molar refractivity (Wildman–Crippen MR) is 92.4 cm³/mol. The molecule has 130 valence electrons. The first-order valence-corrected chi connectivity index (χ1v) is 8.63. The van der Waals surface area contributed by atoms with E-state index in [2.05, 4.69) is 15.5 Å². The van der Waals surface area contributed by atoms with Crippen LogP contribution in [0.4, 0.5) is 0 Å². The summed E-state index contributed by atoms with van der Waals surface area (Å²) in [7, 11) is 1.63. The number of hydrogen-bond donors (Lipinski definition) is 1. The Morgan fingerprint density at radius 1 is 1.24 bits per heavy atom. The van der Waals surface area contributed by atoms with Crippen LogP contribution in [0.5, 0.6) is 5.75 Å². The summed E-state index contributed by atoms with van der Waals surface area (Å²) in [6, 6.07) is 11.2. The van der Waals surface area contributed by atoms with Crippen LogP contribution < -0.4 is 10.1 Å². The van der Waals surface area contributed by atoms with E-state index in [0.717, 1.165) is 11.3 Å². The predicted octanol–water partition coefficient (Wildman–Crippen LogP) is 2.79. The molecule has 0 saturated heterocycles. The molecule has 0 spiro atoms. The number of aromatic nitrogens is 2. The molecular weight excluding hydrogens is 342 g/mol. The lowest BCUT2D eigenvalue weighted by Gasteiger charge is -2.08. The Balaban J connectivity index is 1.42. The standard InChI is InChI=1S/C17H17N3O4S/c1-22-13-6-3-2-5-12(13)8-9-18-15(21)11-25-17-20-19-16(24-17)14-7-4-10-23-14/h2-7,10H,8-9,11H2,1H3,(H,18,21). The molecular formula is C17H17N3O4S. The zero-order valence-corrected chi connectivity index (χ0v) is 14.4. The van der Waals surface area contributed by atoms with Crippen LogP contribution in [0.1, 0.15) is 5.56 Å². The van der Waals surface area contributed by atoms with Crippen molar-refractivity contribution in [1.29, 1.82) is 0 Å². The summed E-state index contributed by atoms with van der Waals surface area (Å²) in [6.45, 7) is 0.529. The molecule has 3 aromatic rings. The van der Waals surface area contributed by atoms with Gasteiger partial charge >= 0.3 is 0 Å². The Morgan fingerprint density at radius 2 is 2.12 bits per heavy atom. The minimum Gasteiger partial charge on any atom is -0.496 e. The SMILES string of the molecule is COc1ccccc1CCNC(=O)CSc1nnc(-c2ccco2)o1. The van der Waals surface area contributed by atoms with Gasteiger partial charge in [0.05, 0.1) is 19.1 Å². The van der Waals surface area contributed by atoms with Crippen molar-refractivity contribution in [3.63, 3.8) is 0 Å². The van der Waals surface area contributed by atoms with E-state index >= 15 is 0 Å². The highest BCUT2D eigenvalue weighted by Gasteiger charge is 2.12. The van der Waals surface area contributed by atoms with Crippen LogP contribution in [0.3, 0.4) is 0 Å². The number of rotatable bonds is 8. The summed E-state index contributed by atoms with van der Waals surface area (Å²) in [5, 5.41) is 11.0. The Hall–Kier alpha value is -2.74. The highest BCUT2D eigenvalue weighted by atomic mass is 32.2. The number of para-hydroxylation sites is 1. The lowest BCUT2D eigenvalue weighted by atomic mass is 10.1. The summed E-state index contributed by atoms with van der Waals surface area (Å²) < 4.78 is 15.9. The van der Waals surface area contributed by atoms with E-state index in [4.69, 9.17) is 13.6 Å². The van der Waals surface area contributed by atoms with Gasteiger partial charge in [0.25, 0.3) is 11.1 Å². The molecule has 0 aliphatic heterocycles. The second kappa shape index (κ2) is 8.39. The van der Waals surface area contributed by atoms with Gasteiger partial charge in [-0.2, -0.15) is 0 Å². The summed E-state index contributed by atoms with van der Waals surface area (Å²) in [6.07, 6.45) is 2.23. The van der Waals surface area contributed by atoms with Gasteiger partial charge in [-0.1, -0.05) is 30.0 Å². The van der Waals surface area contributed by atoms with Gasteiger partial charge in [-0.3, -0.25) is 4.79 Å². The topological polar surface area (TPSA) is 90.4 Å². The van der Waals surface area contributed by atoms with Gasteiger partial charge in [0.1, 0.15) is 5.75 Å². The number of methoxy groups -OCH3 is 1. The summed E-state index contributed by atoms with van der Waals surface area (Å²) >= 11 is 1.18. The first-order chi connectivity index (χ1) is 12.3. The molecule has 0 aliphatic rings. The molecule has 1 N–H and O–H groups in total. The van der Waals surface area contributed by atoms with Crippen molar-refractivity contribution < 1.29 is 18.4 Å². The molecule has 0 unspecified atom stereocenters. The number of furan rings is 1. The second-order valence-corrected chi connectivity index (χ2v) is 5.98. The zero-order valence-electron chi connectivity index (χ0n) is 13.6. The number of thioether (sulfide) groups is 1. The van der Waals surface area contributed by atoms with Crippen molar-refractivity contribution >= 4 is 17.7 Å². The number of carbonyl (C=O) groups is 1. The van der Waals surface area contributed by atoms with Gasteiger partial charge in [0.15, 0.2) is 5.76 Å². The van der Waals surface area contributed by atoms with E-state index in [1.165, 1.54) is 18.0 Å². The molecule has 0 radical (unpaired) electrons. The van der Waals surface area contributed by atoms with Crippen LogP contribution in [-0.2, 0) is 11.2 Å². The first-order valence-electron chi connectivity index (χ1n) is 7.65. The lowest BCUT2D eigenvalue weighted by Crippen LogP contribution is -2.27. The number of ether oxygens (including phenoxy) is 1. The number of amides is 1. The van der Waals surface area contributed by atoms with Gasteiger partial charge in [-0.25, -0.2) is 0 Å². The third-order valence-corrected chi connectivity index (χ3v) is 4.19. The fraction of sp³-hybridized carbons (Fsp3) is 0.235. The summed E-state index contributed by atoms with van der Waals surface area (Å²) in [5.74, 6) is 1.72. The lowest BCUT2D eigenvalue weighted by molar-refractivity contribution is -0.118. The third kappa shape index (κ3) is 4.63. The van der Waals surface area contributed by atoms with E-state index in [1.54, 1.807) is 19.2 Å². The molecule has 1 amide bonds. The zero-order chi connectivity index (χ0) is 17.5. The molecule has 2 heterocycles. The molecule has 7 nitrogen and oxygen atoms in total. The van der Waals surface area contributed by atoms with Gasteiger partial charge in [0.2, 0.25) is 5.91 Å². The van der Waals surface area contributed by atoms with E-state index in [-0.39, 0.29) is 11.7 Å². The Kier molecular flexibility index (Phi) is 5.73. The Bertz CT molecular complexity index is 817. The molecule has 0 aliphatic carbocycles. The van der Waals surface area contributed by atoms with Crippen molar-refractivity contribution in [3.05, 3.63) is 48.2 Å². The number of benzene rings is 1. The Morgan fingerprint density at radius 3 is 2.92 bits per heavy atom. The van der Waals surface area contributed by atoms with Crippen LogP contribution in [0.25, 0.3) is 11.7 Å². The molecule has 0 fully saturated rings. The minimum atomic E-state index is -0.0994. The maximum atomic E-state index is 11.9. The molecule has 2 aromatic heterocycles. The van der Waals surface area contributed by atoms with Crippen LogP contribution in [-0.4, -0.2) is 35.5 Å². The van der Waals surface area contributed by atoms with Gasteiger partial charge in [0, 0.05) is 6.54 Å². The summed E-state index contributed by atoms with van der Waals surface area (Å²) in [4.78, 5) is 11.9. The number of nitrogens with one attached hydrogen (secondary N) is 1. The highest BCUT2D eigenvalue weighted by molar-refractivity contribution is 7.99. The maximum absolute atomic E-state index is 11.9. The monoisotopic (exact) mass is 359 g/mol. The molecule has 8 heteroatoms. The van der Waals surface area contributed by atoms with Crippen molar-refractivity contribution in [2.24, 2.45) is 0 Å². The van der Waals surface area contributed by atoms with E-state index < -0.39 is 0 Å². The Labute approximate surface area is 148 Å². The van der Waals surface area contributed by atoms with Crippen molar-refractivity contribution in [1.82, 2.24) is 15.5 Å². The smallest absolute Gasteiger partial charge is 0.284 e. The summed E-state index contributed by atoms with van der Waals surface area (Å²) in [5.41, 5.74) is 1.05. The normalized spacial score (nSPS) is 10.6. The first kappa shape index (κ1) is 17.1. The van der Waals surface area contributed by atoms with Crippen LogP contribution in [0.15, 0.2) is 56.7 Å². The van der Waals surface area contributed by atoms with Crippen molar-refractivity contribution in [2.45, 2.75) is 11.6 Å². The third-order valence-electron chi connectivity index (χ3n) is 3.37. The second-order valence-electron chi connectivity index (χ2n) is 5.05. The van der Waals surface area contributed by atoms with Gasteiger partial charge in [-0.05, 0) is 30.2 Å². The minimum absolute atomic E-state index is 0.0994. The van der Waals surface area contributed by atoms with Gasteiger partial charge in [-0.15, -0.1) is 10.2 Å². The quantitative estimate of drug-likeness (QED) is 0.618. The van der Waals surface area contributed by atoms with E-state index in [1.807, 2.05) is 24.3 Å². The molecule has 0 saturated carbocycles. The van der Waals surface area contributed by atoms with Crippen LogP contribution >= 0.6 is 11.8 Å². The number of hydrogen-bond acceptors (Lipinski definition) is 7. The molecule has 1 aromatic carbocycles. The van der Waals surface area contributed by atoms with Crippen molar-refractivity contribution in [3.8, 4) is 17.4 Å².